The summed E-state index contributed by atoms with van der Waals surface area (Å²) in [6, 6.07) is 12.8. The summed E-state index contributed by atoms with van der Waals surface area (Å²) in [5.74, 6) is 0.473. The van der Waals surface area contributed by atoms with Crippen LogP contribution in [-0.2, 0) is 26.2 Å². The first-order chi connectivity index (χ1) is 17.1. The average Bonchev–Trinajstić information content (AvgIpc) is 2.86. The number of benzene rings is 2. The highest BCUT2D eigenvalue weighted by Gasteiger charge is 2.30. The minimum atomic E-state index is -3.79. The summed E-state index contributed by atoms with van der Waals surface area (Å²) in [6.45, 7) is 6.19. The molecule has 2 aromatic carbocycles. The smallest absolute Gasteiger partial charge is 0.244 e. The summed E-state index contributed by atoms with van der Waals surface area (Å²) >= 11 is 0. The average molecular weight is 520 g/mol. The number of amides is 2. The fourth-order valence-electron chi connectivity index (χ4n) is 3.54. The van der Waals surface area contributed by atoms with Crippen molar-refractivity contribution >= 4 is 27.5 Å². The van der Waals surface area contributed by atoms with E-state index in [2.05, 4.69) is 5.32 Å². The van der Waals surface area contributed by atoms with Crippen molar-refractivity contribution in [3.63, 3.8) is 0 Å². The molecule has 0 fully saturated rings. The van der Waals surface area contributed by atoms with Crippen LogP contribution >= 0.6 is 0 Å². The molecule has 2 rings (SSSR count). The number of unbranched alkanes of at least 4 members (excludes halogenated alkanes) is 1. The number of nitrogens with one attached hydrogen (secondary N) is 1. The predicted octanol–water partition coefficient (Wildman–Crippen LogP) is 3.19. The van der Waals surface area contributed by atoms with Crippen molar-refractivity contribution in [1.82, 2.24) is 10.2 Å². The summed E-state index contributed by atoms with van der Waals surface area (Å²) in [5, 5.41) is 2.86. The summed E-state index contributed by atoms with van der Waals surface area (Å²) in [6.07, 6.45) is 2.80. The van der Waals surface area contributed by atoms with Crippen molar-refractivity contribution < 1.29 is 27.5 Å². The third-order valence-electron chi connectivity index (χ3n) is 5.62. The highest BCUT2D eigenvalue weighted by molar-refractivity contribution is 7.92. The van der Waals surface area contributed by atoms with Gasteiger partial charge < -0.3 is 19.7 Å². The molecule has 2 amide bonds. The number of sulfonamides is 1. The van der Waals surface area contributed by atoms with Crippen LogP contribution in [0.15, 0.2) is 48.5 Å². The summed E-state index contributed by atoms with van der Waals surface area (Å²) in [5.41, 5.74) is 1.11. The van der Waals surface area contributed by atoms with Gasteiger partial charge in [-0.1, -0.05) is 25.5 Å². The quantitative estimate of drug-likeness (QED) is 0.385. The molecule has 0 aliphatic heterocycles. The topological polar surface area (TPSA) is 105 Å². The van der Waals surface area contributed by atoms with E-state index < -0.39 is 28.5 Å². The Hall–Kier alpha value is -3.27. The molecular weight excluding hydrogens is 482 g/mol. The van der Waals surface area contributed by atoms with Gasteiger partial charge in [0.1, 0.15) is 24.1 Å². The van der Waals surface area contributed by atoms with Crippen LogP contribution in [0.1, 0.15) is 39.2 Å². The standard InChI is InChI=1S/C26H37N3O6S/c1-6-8-17-27-26(31)20(3)28(18-21-9-13-23(34-4)14-10-21)25(30)19-29(36(5,32)33)22-11-15-24(16-12-22)35-7-2/h9-16,20H,6-8,17-19H2,1-5H3,(H,27,31)/t20-/m0/s1. The van der Waals surface area contributed by atoms with E-state index in [9.17, 15) is 18.0 Å². The minimum absolute atomic E-state index is 0.131. The monoisotopic (exact) mass is 519 g/mol. The van der Waals surface area contributed by atoms with Gasteiger partial charge in [0.05, 0.1) is 25.7 Å². The van der Waals surface area contributed by atoms with E-state index >= 15 is 0 Å². The fourth-order valence-corrected chi connectivity index (χ4v) is 4.38. The normalized spacial score (nSPS) is 11.9. The predicted molar refractivity (Wildman–Crippen MR) is 141 cm³/mol. The van der Waals surface area contributed by atoms with Crippen molar-refractivity contribution in [3.05, 3.63) is 54.1 Å². The molecule has 36 heavy (non-hydrogen) atoms. The van der Waals surface area contributed by atoms with E-state index in [1.54, 1.807) is 50.4 Å². The second kappa shape index (κ2) is 13.7. The Morgan fingerprint density at radius 3 is 2.14 bits per heavy atom. The molecule has 2 aromatic rings. The number of carbonyl (C=O) groups is 2. The number of methoxy groups -OCH3 is 1. The molecule has 0 radical (unpaired) electrons. The van der Waals surface area contributed by atoms with Gasteiger partial charge in [0.15, 0.2) is 0 Å². The van der Waals surface area contributed by atoms with Crippen LogP contribution in [0.5, 0.6) is 11.5 Å². The van der Waals surface area contributed by atoms with E-state index in [-0.39, 0.29) is 12.5 Å². The number of ether oxygens (including phenoxy) is 2. The van der Waals surface area contributed by atoms with Crippen LogP contribution in [0.4, 0.5) is 5.69 Å². The van der Waals surface area contributed by atoms with Crippen molar-refractivity contribution in [1.29, 1.82) is 0 Å². The maximum Gasteiger partial charge on any atom is 0.244 e. The Balaban J connectivity index is 2.32. The third-order valence-corrected chi connectivity index (χ3v) is 6.76. The Bertz CT molecular complexity index is 1090. The van der Waals surface area contributed by atoms with Gasteiger partial charge in [-0.05, 0) is 62.2 Å². The number of hydrogen-bond donors (Lipinski definition) is 1. The Kier molecular flexibility index (Phi) is 11.0. The molecule has 0 saturated heterocycles. The highest BCUT2D eigenvalue weighted by atomic mass is 32.2. The van der Waals surface area contributed by atoms with E-state index in [1.165, 1.54) is 4.90 Å². The van der Waals surface area contributed by atoms with Gasteiger partial charge in [-0.2, -0.15) is 0 Å². The maximum atomic E-state index is 13.5. The Morgan fingerprint density at radius 1 is 1.00 bits per heavy atom. The SMILES string of the molecule is CCCCNC(=O)[C@H](C)N(Cc1ccc(OC)cc1)C(=O)CN(c1ccc(OCC)cc1)S(C)(=O)=O. The molecule has 0 saturated carbocycles. The van der Waals surface area contributed by atoms with Crippen LogP contribution in [0.25, 0.3) is 0 Å². The molecule has 0 bridgehead atoms. The van der Waals surface area contributed by atoms with E-state index in [0.29, 0.717) is 30.3 Å². The molecule has 10 heteroatoms. The van der Waals surface area contributed by atoms with E-state index in [1.807, 2.05) is 26.0 Å². The van der Waals surface area contributed by atoms with Crippen LogP contribution < -0.4 is 19.1 Å². The highest BCUT2D eigenvalue weighted by Crippen LogP contribution is 2.23. The lowest BCUT2D eigenvalue weighted by Crippen LogP contribution is -2.51. The summed E-state index contributed by atoms with van der Waals surface area (Å²) in [4.78, 5) is 27.8. The molecular formula is C26H37N3O6S. The van der Waals surface area contributed by atoms with Crippen LogP contribution in [0.3, 0.4) is 0 Å². The number of carbonyl (C=O) groups excluding carboxylic acids is 2. The van der Waals surface area contributed by atoms with Crippen LogP contribution in [0.2, 0.25) is 0 Å². The first kappa shape index (κ1) is 29.0. The molecule has 198 valence electrons. The lowest BCUT2D eigenvalue weighted by atomic mass is 10.1. The van der Waals surface area contributed by atoms with Crippen molar-refractivity contribution in [2.24, 2.45) is 0 Å². The first-order valence-corrected chi connectivity index (χ1v) is 13.9. The Labute approximate surface area is 214 Å². The third kappa shape index (κ3) is 8.44. The lowest BCUT2D eigenvalue weighted by Gasteiger charge is -2.31. The molecule has 0 spiro atoms. The molecule has 0 heterocycles. The van der Waals surface area contributed by atoms with Gasteiger partial charge >= 0.3 is 0 Å². The van der Waals surface area contributed by atoms with Gasteiger partial charge in [0.2, 0.25) is 21.8 Å². The minimum Gasteiger partial charge on any atom is -0.497 e. The molecule has 0 aromatic heterocycles. The second-order valence-electron chi connectivity index (χ2n) is 8.39. The second-order valence-corrected chi connectivity index (χ2v) is 10.3. The molecule has 1 N–H and O–H groups in total. The first-order valence-electron chi connectivity index (χ1n) is 12.0. The van der Waals surface area contributed by atoms with Gasteiger partial charge in [-0.25, -0.2) is 8.42 Å². The number of rotatable bonds is 14. The van der Waals surface area contributed by atoms with E-state index in [4.69, 9.17) is 9.47 Å². The van der Waals surface area contributed by atoms with Crippen molar-refractivity contribution in [2.75, 3.05) is 37.4 Å². The van der Waals surface area contributed by atoms with Crippen LogP contribution in [-0.4, -0.2) is 64.2 Å². The van der Waals surface area contributed by atoms with Crippen molar-refractivity contribution in [3.8, 4) is 11.5 Å². The van der Waals surface area contributed by atoms with Gasteiger partial charge in [0, 0.05) is 13.1 Å². The lowest BCUT2D eigenvalue weighted by molar-refractivity contribution is -0.139. The largest absolute Gasteiger partial charge is 0.497 e. The molecule has 0 aliphatic carbocycles. The van der Waals surface area contributed by atoms with E-state index in [0.717, 1.165) is 29.0 Å². The number of hydrogen-bond acceptors (Lipinski definition) is 6. The summed E-state index contributed by atoms with van der Waals surface area (Å²) in [7, 11) is -2.23. The molecule has 1 atom stereocenters. The Morgan fingerprint density at radius 2 is 1.61 bits per heavy atom. The fraction of sp³-hybridized carbons (Fsp3) is 0.462. The van der Waals surface area contributed by atoms with Gasteiger partial charge in [0.25, 0.3) is 0 Å². The number of nitrogens with zero attached hydrogens (tertiary/aromatic N) is 2. The molecule has 0 aliphatic rings. The molecule has 9 nitrogen and oxygen atoms in total. The number of anilines is 1. The molecule has 0 unspecified atom stereocenters. The summed E-state index contributed by atoms with van der Waals surface area (Å²) < 4.78 is 36.9. The zero-order valence-electron chi connectivity index (χ0n) is 21.7. The van der Waals surface area contributed by atoms with Gasteiger partial charge in [-0.3, -0.25) is 13.9 Å². The maximum absolute atomic E-state index is 13.5. The van der Waals surface area contributed by atoms with Gasteiger partial charge in [-0.15, -0.1) is 0 Å². The van der Waals surface area contributed by atoms with Crippen LogP contribution in [0, 0.1) is 0 Å². The zero-order valence-corrected chi connectivity index (χ0v) is 22.5. The zero-order chi connectivity index (χ0) is 26.7. The van der Waals surface area contributed by atoms with Crippen molar-refractivity contribution in [2.45, 2.75) is 46.2 Å².